The van der Waals surface area contributed by atoms with Crippen LogP contribution in [-0.4, -0.2) is 43.9 Å². The molecular weight excluding hydrogens is 224 g/mol. The van der Waals surface area contributed by atoms with Crippen molar-refractivity contribution in [3.63, 3.8) is 0 Å². The fourth-order valence-corrected chi connectivity index (χ4v) is 1.44. The summed E-state index contributed by atoms with van der Waals surface area (Å²) in [4.78, 5) is 15.7. The SMILES string of the molecule is COc1ccc(NC(=O)C2COCCO2)cn1. The molecule has 2 rings (SSSR count). The third-order valence-electron chi connectivity index (χ3n) is 2.32. The topological polar surface area (TPSA) is 69.7 Å². The molecule has 1 aliphatic heterocycles. The zero-order valence-corrected chi connectivity index (χ0v) is 9.51. The van der Waals surface area contributed by atoms with Gasteiger partial charge in [0, 0.05) is 6.07 Å². The molecular formula is C11H14N2O4. The highest BCUT2D eigenvalue weighted by molar-refractivity contribution is 5.94. The van der Waals surface area contributed by atoms with Gasteiger partial charge in [0.1, 0.15) is 0 Å². The Morgan fingerprint density at radius 1 is 1.53 bits per heavy atom. The third kappa shape index (κ3) is 3.15. The van der Waals surface area contributed by atoms with Crippen LogP contribution >= 0.6 is 0 Å². The second kappa shape index (κ2) is 5.60. The van der Waals surface area contributed by atoms with E-state index in [-0.39, 0.29) is 12.5 Å². The number of rotatable bonds is 3. The van der Waals surface area contributed by atoms with Gasteiger partial charge in [0.25, 0.3) is 5.91 Å². The zero-order valence-electron chi connectivity index (χ0n) is 9.51. The van der Waals surface area contributed by atoms with E-state index in [1.165, 1.54) is 13.3 Å². The molecule has 0 spiro atoms. The average molecular weight is 238 g/mol. The first-order valence-electron chi connectivity index (χ1n) is 5.30. The van der Waals surface area contributed by atoms with Crippen LogP contribution in [0, 0.1) is 0 Å². The van der Waals surface area contributed by atoms with E-state index in [2.05, 4.69) is 10.3 Å². The van der Waals surface area contributed by atoms with Crippen molar-refractivity contribution in [3.8, 4) is 5.88 Å². The summed E-state index contributed by atoms with van der Waals surface area (Å²) in [7, 11) is 1.54. The number of aromatic nitrogens is 1. The van der Waals surface area contributed by atoms with Gasteiger partial charge < -0.3 is 19.5 Å². The molecule has 0 radical (unpaired) electrons. The van der Waals surface area contributed by atoms with E-state index in [4.69, 9.17) is 14.2 Å². The largest absolute Gasteiger partial charge is 0.481 e. The molecule has 0 bridgehead atoms. The van der Waals surface area contributed by atoms with Gasteiger partial charge in [0.2, 0.25) is 5.88 Å². The molecule has 0 aromatic carbocycles. The zero-order chi connectivity index (χ0) is 12.1. The Morgan fingerprint density at radius 3 is 3.00 bits per heavy atom. The Bertz CT molecular complexity index is 374. The van der Waals surface area contributed by atoms with Crippen LogP contribution < -0.4 is 10.1 Å². The number of hydrogen-bond donors (Lipinski definition) is 1. The number of nitrogens with zero attached hydrogens (tertiary/aromatic N) is 1. The van der Waals surface area contributed by atoms with Crippen LogP contribution in [0.4, 0.5) is 5.69 Å². The quantitative estimate of drug-likeness (QED) is 0.827. The van der Waals surface area contributed by atoms with Crippen LogP contribution in [0.1, 0.15) is 0 Å². The van der Waals surface area contributed by atoms with Crippen LogP contribution in [0.5, 0.6) is 5.88 Å². The Kier molecular flexibility index (Phi) is 3.89. The van der Waals surface area contributed by atoms with Crippen LogP contribution in [0.15, 0.2) is 18.3 Å². The molecule has 1 aromatic heterocycles. The lowest BCUT2D eigenvalue weighted by Crippen LogP contribution is -2.39. The smallest absolute Gasteiger partial charge is 0.255 e. The number of pyridine rings is 1. The van der Waals surface area contributed by atoms with Crippen molar-refractivity contribution in [2.24, 2.45) is 0 Å². The average Bonchev–Trinajstić information content (AvgIpc) is 2.40. The molecule has 1 saturated heterocycles. The van der Waals surface area contributed by atoms with E-state index >= 15 is 0 Å². The molecule has 1 aliphatic rings. The lowest BCUT2D eigenvalue weighted by Gasteiger charge is -2.21. The lowest BCUT2D eigenvalue weighted by molar-refractivity contribution is -0.142. The summed E-state index contributed by atoms with van der Waals surface area (Å²) in [5.41, 5.74) is 0.602. The maximum absolute atomic E-state index is 11.7. The van der Waals surface area contributed by atoms with Gasteiger partial charge in [0.05, 0.1) is 38.8 Å². The summed E-state index contributed by atoms with van der Waals surface area (Å²) in [5.74, 6) is 0.275. The van der Waals surface area contributed by atoms with Crippen LogP contribution in [-0.2, 0) is 14.3 Å². The normalized spacial score (nSPS) is 19.7. The minimum absolute atomic E-state index is 0.225. The second-order valence-electron chi connectivity index (χ2n) is 3.51. The predicted octanol–water partition coefficient (Wildman–Crippen LogP) is 0.444. The van der Waals surface area contributed by atoms with E-state index in [9.17, 15) is 4.79 Å². The number of ether oxygens (including phenoxy) is 3. The van der Waals surface area contributed by atoms with Crippen molar-refractivity contribution in [2.75, 3.05) is 32.2 Å². The first-order chi connectivity index (χ1) is 8.29. The number of nitrogens with one attached hydrogen (secondary N) is 1. The third-order valence-corrected chi connectivity index (χ3v) is 2.32. The number of methoxy groups -OCH3 is 1. The van der Waals surface area contributed by atoms with Crippen molar-refractivity contribution in [1.29, 1.82) is 0 Å². The second-order valence-corrected chi connectivity index (χ2v) is 3.51. The van der Waals surface area contributed by atoms with Gasteiger partial charge >= 0.3 is 0 Å². The highest BCUT2D eigenvalue weighted by Crippen LogP contribution is 2.12. The van der Waals surface area contributed by atoms with E-state index < -0.39 is 6.10 Å². The van der Waals surface area contributed by atoms with Crippen molar-refractivity contribution in [1.82, 2.24) is 4.98 Å². The number of carbonyl (C=O) groups excluding carboxylic acids is 1. The number of carbonyl (C=O) groups is 1. The summed E-state index contributed by atoms with van der Waals surface area (Å²) in [6.07, 6.45) is 0.978. The van der Waals surface area contributed by atoms with E-state index in [0.717, 1.165) is 0 Å². The Labute approximate surface area is 98.9 Å². The van der Waals surface area contributed by atoms with Crippen LogP contribution in [0.3, 0.4) is 0 Å². The molecule has 1 unspecified atom stereocenters. The maximum atomic E-state index is 11.7. The monoisotopic (exact) mass is 238 g/mol. The van der Waals surface area contributed by atoms with E-state index in [0.29, 0.717) is 24.8 Å². The fraction of sp³-hybridized carbons (Fsp3) is 0.455. The van der Waals surface area contributed by atoms with Crippen molar-refractivity contribution in [3.05, 3.63) is 18.3 Å². The molecule has 92 valence electrons. The molecule has 6 heteroatoms. The number of hydrogen-bond acceptors (Lipinski definition) is 5. The van der Waals surface area contributed by atoms with E-state index in [1.54, 1.807) is 12.1 Å². The van der Waals surface area contributed by atoms with Crippen molar-refractivity contribution >= 4 is 11.6 Å². The first-order valence-corrected chi connectivity index (χ1v) is 5.30. The Hall–Kier alpha value is -1.66. The molecule has 2 heterocycles. The summed E-state index contributed by atoms with van der Waals surface area (Å²) in [6, 6.07) is 3.39. The van der Waals surface area contributed by atoms with Gasteiger partial charge in [-0.2, -0.15) is 0 Å². The van der Waals surface area contributed by atoms with Crippen LogP contribution in [0.25, 0.3) is 0 Å². The molecule has 1 fully saturated rings. The summed E-state index contributed by atoms with van der Waals surface area (Å²) >= 11 is 0. The highest BCUT2D eigenvalue weighted by Gasteiger charge is 2.22. The molecule has 1 aromatic rings. The number of anilines is 1. The summed E-state index contributed by atoms with van der Waals surface area (Å²) < 4.78 is 15.4. The van der Waals surface area contributed by atoms with Gasteiger partial charge in [-0.1, -0.05) is 0 Å². The summed E-state index contributed by atoms with van der Waals surface area (Å²) in [6.45, 7) is 1.27. The number of amides is 1. The Balaban J connectivity index is 1.92. The molecule has 0 aliphatic carbocycles. The minimum Gasteiger partial charge on any atom is -0.481 e. The molecule has 6 nitrogen and oxygen atoms in total. The maximum Gasteiger partial charge on any atom is 0.255 e. The van der Waals surface area contributed by atoms with Gasteiger partial charge in [-0.05, 0) is 6.07 Å². The lowest BCUT2D eigenvalue weighted by atomic mass is 10.3. The molecule has 1 N–H and O–H groups in total. The molecule has 0 saturated carbocycles. The Morgan fingerprint density at radius 2 is 2.41 bits per heavy atom. The molecule has 1 atom stereocenters. The van der Waals surface area contributed by atoms with Gasteiger partial charge in [0.15, 0.2) is 6.10 Å². The fourth-order valence-electron chi connectivity index (χ4n) is 1.44. The predicted molar refractivity (Wildman–Crippen MR) is 60.0 cm³/mol. The van der Waals surface area contributed by atoms with Gasteiger partial charge in [-0.25, -0.2) is 4.98 Å². The first kappa shape index (κ1) is 11.8. The highest BCUT2D eigenvalue weighted by atomic mass is 16.6. The van der Waals surface area contributed by atoms with Crippen molar-refractivity contribution < 1.29 is 19.0 Å². The van der Waals surface area contributed by atoms with Gasteiger partial charge in [-0.15, -0.1) is 0 Å². The minimum atomic E-state index is -0.550. The van der Waals surface area contributed by atoms with E-state index in [1.807, 2.05) is 0 Å². The van der Waals surface area contributed by atoms with Gasteiger partial charge in [-0.3, -0.25) is 4.79 Å². The molecule has 17 heavy (non-hydrogen) atoms. The van der Waals surface area contributed by atoms with Crippen molar-refractivity contribution in [2.45, 2.75) is 6.10 Å². The molecule has 1 amide bonds. The standard InChI is InChI=1S/C11H14N2O4/c1-15-10-3-2-8(6-12-10)13-11(14)9-7-16-4-5-17-9/h2-3,6,9H,4-5,7H2,1H3,(H,13,14). The summed E-state index contributed by atoms with van der Waals surface area (Å²) in [5, 5.41) is 2.70. The van der Waals surface area contributed by atoms with Crippen LogP contribution in [0.2, 0.25) is 0 Å².